The van der Waals surface area contributed by atoms with Gasteiger partial charge in [0.05, 0.1) is 24.9 Å². The highest BCUT2D eigenvalue weighted by atomic mass is 35.5. The van der Waals surface area contributed by atoms with Gasteiger partial charge in [0.1, 0.15) is 0 Å². The number of amides is 1. The van der Waals surface area contributed by atoms with E-state index in [0.29, 0.717) is 28.6 Å². The Morgan fingerprint density at radius 1 is 1.07 bits per heavy atom. The van der Waals surface area contributed by atoms with Crippen molar-refractivity contribution < 1.29 is 23.8 Å². The second-order valence-electron chi connectivity index (χ2n) is 5.75. The summed E-state index contributed by atoms with van der Waals surface area (Å²) in [6.45, 7) is 1.51. The van der Waals surface area contributed by atoms with Crippen molar-refractivity contribution in [3.05, 3.63) is 53.1 Å². The largest absolute Gasteiger partial charge is 0.493 e. The molecule has 144 valence electrons. The Hall–Kier alpha value is -2.73. The number of hydrogen-bond donors (Lipinski definition) is 1. The van der Waals surface area contributed by atoms with Gasteiger partial charge >= 0.3 is 5.97 Å². The van der Waals surface area contributed by atoms with Gasteiger partial charge in [0.25, 0.3) is 5.91 Å². The van der Waals surface area contributed by atoms with E-state index in [-0.39, 0.29) is 6.42 Å². The van der Waals surface area contributed by atoms with Crippen molar-refractivity contribution in [3.63, 3.8) is 0 Å². The van der Waals surface area contributed by atoms with Crippen LogP contribution < -0.4 is 14.8 Å². The summed E-state index contributed by atoms with van der Waals surface area (Å²) in [5, 5.41) is 3.05. The first kappa shape index (κ1) is 20.6. The van der Waals surface area contributed by atoms with E-state index in [4.69, 9.17) is 25.8 Å². The first-order valence-corrected chi connectivity index (χ1v) is 8.78. The highest BCUT2D eigenvalue weighted by Crippen LogP contribution is 2.31. The lowest BCUT2D eigenvalue weighted by atomic mass is 10.1. The molecule has 0 aliphatic heterocycles. The first-order chi connectivity index (χ1) is 13.0. The van der Waals surface area contributed by atoms with Crippen LogP contribution in [-0.2, 0) is 20.7 Å². The molecule has 0 aromatic heterocycles. The van der Waals surface area contributed by atoms with Gasteiger partial charge in [-0.25, -0.2) is 0 Å². The number of carbonyl (C=O) groups excluding carboxylic acids is 2. The van der Waals surface area contributed by atoms with Crippen LogP contribution in [0, 0.1) is 0 Å². The van der Waals surface area contributed by atoms with Crippen LogP contribution in [0.1, 0.15) is 18.9 Å². The summed E-state index contributed by atoms with van der Waals surface area (Å²) in [4.78, 5) is 24.3. The molecule has 0 saturated carbocycles. The third kappa shape index (κ3) is 5.62. The Bertz CT molecular complexity index is 809. The molecule has 0 unspecified atom stereocenters. The number of halogens is 1. The fourth-order valence-corrected chi connectivity index (χ4v) is 2.68. The number of hydrogen-bond acceptors (Lipinski definition) is 5. The van der Waals surface area contributed by atoms with E-state index < -0.39 is 18.0 Å². The molecule has 0 aliphatic carbocycles. The molecule has 0 aliphatic rings. The number of aryl methyl sites for hydroxylation is 1. The molecule has 0 heterocycles. The topological polar surface area (TPSA) is 73.9 Å². The van der Waals surface area contributed by atoms with Crippen LogP contribution in [0.3, 0.4) is 0 Å². The second kappa shape index (κ2) is 9.83. The third-order valence-electron chi connectivity index (χ3n) is 3.89. The summed E-state index contributed by atoms with van der Waals surface area (Å²) in [7, 11) is 3.09. The molecule has 0 bridgehead atoms. The number of anilines is 1. The Balaban J connectivity index is 1.90. The number of para-hydroxylation sites is 2. The van der Waals surface area contributed by atoms with E-state index in [1.54, 1.807) is 44.6 Å². The van der Waals surface area contributed by atoms with Crippen LogP contribution in [0.5, 0.6) is 11.5 Å². The summed E-state index contributed by atoms with van der Waals surface area (Å²) in [5.41, 5.74) is 1.29. The first-order valence-electron chi connectivity index (χ1n) is 8.41. The van der Waals surface area contributed by atoms with Gasteiger partial charge in [-0.15, -0.1) is 0 Å². The molecule has 1 atom stereocenters. The van der Waals surface area contributed by atoms with Crippen LogP contribution in [0.4, 0.5) is 5.69 Å². The molecule has 1 amide bonds. The van der Waals surface area contributed by atoms with Gasteiger partial charge in [0, 0.05) is 6.42 Å². The maximum Gasteiger partial charge on any atom is 0.306 e. The summed E-state index contributed by atoms with van der Waals surface area (Å²) in [5.74, 6) is 0.241. The molecular weight excluding hydrogens is 370 g/mol. The Morgan fingerprint density at radius 3 is 2.48 bits per heavy atom. The molecule has 0 spiro atoms. The summed E-state index contributed by atoms with van der Waals surface area (Å²) < 4.78 is 15.8. The van der Waals surface area contributed by atoms with E-state index >= 15 is 0 Å². The number of ether oxygens (including phenoxy) is 3. The number of esters is 1. The average Bonchev–Trinajstić information content (AvgIpc) is 2.67. The Kier molecular flexibility index (Phi) is 7.49. The minimum Gasteiger partial charge on any atom is -0.493 e. The number of methoxy groups -OCH3 is 2. The van der Waals surface area contributed by atoms with Crippen molar-refractivity contribution in [3.8, 4) is 11.5 Å². The molecule has 0 radical (unpaired) electrons. The highest BCUT2D eigenvalue weighted by Gasteiger charge is 2.19. The smallest absolute Gasteiger partial charge is 0.306 e. The minimum absolute atomic E-state index is 0.104. The van der Waals surface area contributed by atoms with Crippen molar-refractivity contribution in [1.29, 1.82) is 0 Å². The van der Waals surface area contributed by atoms with Crippen LogP contribution in [0.15, 0.2) is 42.5 Å². The number of nitrogens with one attached hydrogen (secondary N) is 1. The molecule has 2 rings (SSSR count). The monoisotopic (exact) mass is 391 g/mol. The van der Waals surface area contributed by atoms with Gasteiger partial charge in [-0.2, -0.15) is 0 Å². The van der Waals surface area contributed by atoms with E-state index in [1.807, 2.05) is 12.1 Å². The van der Waals surface area contributed by atoms with Gasteiger partial charge in [0.2, 0.25) is 0 Å². The van der Waals surface area contributed by atoms with Crippen LogP contribution in [-0.4, -0.2) is 32.2 Å². The van der Waals surface area contributed by atoms with Gasteiger partial charge < -0.3 is 19.5 Å². The Labute approximate surface area is 163 Å². The lowest BCUT2D eigenvalue weighted by molar-refractivity contribution is -0.153. The summed E-state index contributed by atoms with van der Waals surface area (Å²) in [6.07, 6.45) is -0.438. The van der Waals surface area contributed by atoms with E-state index in [1.165, 1.54) is 6.92 Å². The van der Waals surface area contributed by atoms with E-state index in [0.717, 1.165) is 5.56 Å². The zero-order valence-corrected chi connectivity index (χ0v) is 16.2. The average molecular weight is 392 g/mol. The lowest BCUT2D eigenvalue weighted by Gasteiger charge is -2.15. The van der Waals surface area contributed by atoms with Crippen molar-refractivity contribution in [1.82, 2.24) is 0 Å². The van der Waals surface area contributed by atoms with Crippen LogP contribution in [0.25, 0.3) is 0 Å². The van der Waals surface area contributed by atoms with Crippen LogP contribution >= 0.6 is 11.6 Å². The zero-order valence-electron chi connectivity index (χ0n) is 15.5. The SMILES string of the molecule is COc1cccc(CCC(=O)O[C@@H](C)C(=O)Nc2ccccc2Cl)c1OC. The fraction of sp³-hybridized carbons (Fsp3) is 0.300. The van der Waals surface area contributed by atoms with Gasteiger partial charge in [-0.3, -0.25) is 9.59 Å². The highest BCUT2D eigenvalue weighted by molar-refractivity contribution is 6.33. The molecular formula is C20H22ClNO5. The van der Waals surface area contributed by atoms with E-state index in [9.17, 15) is 9.59 Å². The molecule has 27 heavy (non-hydrogen) atoms. The maximum absolute atomic E-state index is 12.2. The second-order valence-corrected chi connectivity index (χ2v) is 6.16. The molecule has 6 nitrogen and oxygen atoms in total. The minimum atomic E-state index is -0.944. The normalized spacial score (nSPS) is 11.4. The predicted octanol–water partition coefficient (Wildman–Crippen LogP) is 3.86. The van der Waals surface area contributed by atoms with Crippen molar-refractivity contribution >= 4 is 29.2 Å². The van der Waals surface area contributed by atoms with Crippen molar-refractivity contribution in [2.24, 2.45) is 0 Å². The zero-order chi connectivity index (χ0) is 19.8. The van der Waals surface area contributed by atoms with Gasteiger partial charge in [0.15, 0.2) is 17.6 Å². The maximum atomic E-state index is 12.2. The number of rotatable bonds is 8. The summed E-state index contributed by atoms with van der Waals surface area (Å²) in [6, 6.07) is 12.3. The van der Waals surface area contributed by atoms with Crippen LogP contribution in [0.2, 0.25) is 5.02 Å². The third-order valence-corrected chi connectivity index (χ3v) is 4.22. The Morgan fingerprint density at radius 2 is 1.81 bits per heavy atom. The number of carbonyl (C=O) groups is 2. The summed E-state index contributed by atoms with van der Waals surface area (Å²) >= 11 is 6.00. The van der Waals surface area contributed by atoms with Crippen molar-refractivity contribution in [2.75, 3.05) is 19.5 Å². The number of benzene rings is 2. The molecule has 0 fully saturated rings. The molecule has 1 N–H and O–H groups in total. The standard InChI is InChI=1S/C20H22ClNO5/c1-13(20(24)22-16-9-5-4-8-15(16)21)27-18(23)12-11-14-7-6-10-17(25-2)19(14)26-3/h4-10,13H,11-12H2,1-3H3,(H,22,24)/t13-/m0/s1. The molecule has 2 aromatic carbocycles. The predicted molar refractivity (Wildman–Crippen MR) is 104 cm³/mol. The van der Waals surface area contributed by atoms with Crippen molar-refractivity contribution in [2.45, 2.75) is 25.9 Å². The lowest BCUT2D eigenvalue weighted by Crippen LogP contribution is -2.30. The molecule has 2 aromatic rings. The molecule has 0 saturated heterocycles. The van der Waals surface area contributed by atoms with E-state index in [2.05, 4.69) is 5.32 Å². The quantitative estimate of drug-likeness (QED) is 0.691. The fourth-order valence-electron chi connectivity index (χ4n) is 2.49. The van der Waals surface area contributed by atoms with Gasteiger partial charge in [-0.1, -0.05) is 35.9 Å². The molecule has 7 heteroatoms. The van der Waals surface area contributed by atoms with Gasteiger partial charge in [-0.05, 0) is 37.1 Å².